The predicted molar refractivity (Wildman–Crippen MR) is 64.3 cm³/mol. The molecule has 1 aliphatic rings. The quantitative estimate of drug-likeness (QED) is 0.742. The molecule has 1 unspecified atom stereocenters. The Morgan fingerprint density at radius 2 is 1.94 bits per heavy atom. The van der Waals surface area contributed by atoms with Crippen LogP contribution in [0.4, 0.5) is 0 Å². The third-order valence-electron chi connectivity index (χ3n) is 2.88. The van der Waals surface area contributed by atoms with Gasteiger partial charge in [0, 0.05) is 18.7 Å². The third kappa shape index (κ3) is 3.28. The summed E-state index contributed by atoms with van der Waals surface area (Å²) < 4.78 is 11.1. The molecule has 1 aromatic rings. The van der Waals surface area contributed by atoms with Crippen LogP contribution in [0.15, 0.2) is 24.3 Å². The summed E-state index contributed by atoms with van der Waals surface area (Å²) in [6.07, 6.45) is 0.857. The van der Waals surface area contributed by atoms with Crippen LogP contribution in [0, 0.1) is 0 Å². The summed E-state index contributed by atoms with van der Waals surface area (Å²) in [6, 6.07) is 7.16. The lowest BCUT2D eigenvalue weighted by Crippen LogP contribution is -2.44. The molecule has 0 bridgehead atoms. The van der Waals surface area contributed by atoms with Gasteiger partial charge in [0.25, 0.3) is 0 Å². The van der Waals surface area contributed by atoms with Gasteiger partial charge in [-0.15, -0.1) is 0 Å². The van der Waals surface area contributed by atoms with E-state index in [2.05, 4.69) is 4.90 Å². The van der Waals surface area contributed by atoms with Crippen LogP contribution >= 0.6 is 0 Å². The van der Waals surface area contributed by atoms with Crippen molar-refractivity contribution >= 4 is 6.29 Å². The van der Waals surface area contributed by atoms with Crippen molar-refractivity contribution in [3.8, 4) is 5.75 Å². The van der Waals surface area contributed by atoms with Gasteiger partial charge in [-0.3, -0.25) is 9.69 Å². The second-order valence-electron chi connectivity index (χ2n) is 4.05. The molecule has 92 valence electrons. The molecular formula is C13H17NO3. The van der Waals surface area contributed by atoms with Gasteiger partial charge in [0.2, 0.25) is 0 Å². The molecule has 1 saturated heterocycles. The number of benzene rings is 1. The highest BCUT2D eigenvalue weighted by molar-refractivity contribution is 5.74. The molecule has 1 heterocycles. The summed E-state index contributed by atoms with van der Waals surface area (Å²) in [7, 11) is 0. The first-order chi connectivity index (χ1) is 8.29. The van der Waals surface area contributed by atoms with Gasteiger partial charge in [-0.1, -0.05) is 0 Å². The molecule has 0 N–H and O–H groups in total. The zero-order valence-corrected chi connectivity index (χ0v) is 9.96. The van der Waals surface area contributed by atoms with Crippen LogP contribution in [0.5, 0.6) is 5.75 Å². The summed E-state index contributed by atoms with van der Waals surface area (Å²) in [5.41, 5.74) is 0.663. The molecule has 0 saturated carbocycles. The van der Waals surface area contributed by atoms with Crippen molar-refractivity contribution in [1.29, 1.82) is 0 Å². The highest BCUT2D eigenvalue weighted by Gasteiger charge is 2.17. The van der Waals surface area contributed by atoms with E-state index in [1.54, 1.807) is 12.1 Å². The number of nitrogens with zero attached hydrogens (tertiary/aromatic N) is 1. The molecule has 0 aromatic heterocycles. The topological polar surface area (TPSA) is 38.8 Å². The Morgan fingerprint density at radius 3 is 2.53 bits per heavy atom. The van der Waals surface area contributed by atoms with Crippen LogP contribution in [-0.2, 0) is 4.74 Å². The van der Waals surface area contributed by atoms with Gasteiger partial charge in [0.15, 0.2) is 0 Å². The predicted octanol–water partition coefficient (Wildman–Crippen LogP) is 1.56. The molecule has 0 radical (unpaired) electrons. The molecule has 2 rings (SSSR count). The zero-order valence-electron chi connectivity index (χ0n) is 9.96. The summed E-state index contributed by atoms with van der Waals surface area (Å²) in [5.74, 6) is 0.787. The molecule has 1 aromatic carbocycles. The summed E-state index contributed by atoms with van der Waals surface area (Å²) >= 11 is 0. The summed E-state index contributed by atoms with van der Waals surface area (Å²) in [5, 5.41) is 0. The molecule has 0 spiro atoms. The second kappa shape index (κ2) is 5.80. The van der Waals surface area contributed by atoms with E-state index in [4.69, 9.17) is 9.47 Å². The maximum atomic E-state index is 10.5. The van der Waals surface area contributed by atoms with Crippen LogP contribution in [0.3, 0.4) is 0 Å². The SMILES string of the molecule is CC(Oc1ccc(C=O)cc1)N1CCOCC1. The molecule has 1 aliphatic heterocycles. The van der Waals surface area contributed by atoms with Gasteiger partial charge in [-0.2, -0.15) is 0 Å². The molecular weight excluding hydrogens is 218 g/mol. The zero-order chi connectivity index (χ0) is 12.1. The van der Waals surface area contributed by atoms with Crippen molar-refractivity contribution in [2.24, 2.45) is 0 Å². The highest BCUT2D eigenvalue weighted by atomic mass is 16.5. The largest absolute Gasteiger partial charge is 0.475 e. The lowest BCUT2D eigenvalue weighted by atomic mass is 10.2. The number of carbonyl (C=O) groups is 1. The van der Waals surface area contributed by atoms with Crippen LogP contribution in [0.1, 0.15) is 17.3 Å². The minimum atomic E-state index is 0.0287. The van der Waals surface area contributed by atoms with E-state index >= 15 is 0 Å². The van der Waals surface area contributed by atoms with E-state index in [1.807, 2.05) is 19.1 Å². The number of rotatable bonds is 4. The Morgan fingerprint density at radius 1 is 1.29 bits per heavy atom. The summed E-state index contributed by atoms with van der Waals surface area (Å²) in [4.78, 5) is 12.8. The van der Waals surface area contributed by atoms with E-state index in [0.29, 0.717) is 5.56 Å². The molecule has 17 heavy (non-hydrogen) atoms. The smallest absolute Gasteiger partial charge is 0.150 e. The Bertz CT molecular complexity index is 357. The lowest BCUT2D eigenvalue weighted by Gasteiger charge is -2.32. The van der Waals surface area contributed by atoms with Gasteiger partial charge >= 0.3 is 0 Å². The number of carbonyl (C=O) groups excluding carboxylic acids is 1. The van der Waals surface area contributed by atoms with E-state index in [1.165, 1.54) is 0 Å². The van der Waals surface area contributed by atoms with Gasteiger partial charge in [0.05, 0.1) is 13.2 Å². The van der Waals surface area contributed by atoms with Crippen molar-refractivity contribution in [1.82, 2.24) is 4.90 Å². The molecule has 0 aliphatic carbocycles. The molecule has 0 amide bonds. The van der Waals surface area contributed by atoms with Crippen LogP contribution < -0.4 is 4.74 Å². The average Bonchev–Trinajstić information content (AvgIpc) is 2.40. The fourth-order valence-corrected chi connectivity index (χ4v) is 1.84. The number of hydrogen-bond donors (Lipinski definition) is 0. The van der Waals surface area contributed by atoms with Crippen molar-refractivity contribution in [3.63, 3.8) is 0 Å². The third-order valence-corrected chi connectivity index (χ3v) is 2.88. The minimum absolute atomic E-state index is 0.0287. The van der Waals surface area contributed by atoms with E-state index in [-0.39, 0.29) is 6.23 Å². The number of ether oxygens (including phenoxy) is 2. The minimum Gasteiger partial charge on any atom is -0.475 e. The van der Waals surface area contributed by atoms with E-state index < -0.39 is 0 Å². The molecule has 1 atom stereocenters. The van der Waals surface area contributed by atoms with Gasteiger partial charge in [-0.25, -0.2) is 0 Å². The van der Waals surface area contributed by atoms with Gasteiger partial charge in [0.1, 0.15) is 18.3 Å². The number of hydrogen-bond acceptors (Lipinski definition) is 4. The van der Waals surface area contributed by atoms with Crippen molar-refractivity contribution in [2.75, 3.05) is 26.3 Å². The lowest BCUT2D eigenvalue weighted by molar-refractivity contribution is -0.0373. The number of morpholine rings is 1. The standard InChI is InChI=1S/C13H17NO3/c1-11(14-6-8-16-9-7-14)17-13-4-2-12(10-15)3-5-13/h2-5,10-11H,6-9H2,1H3. The van der Waals surface area contributed by atoms with Crippen molar-refractivity contribution < 1.29 is 14.3 Å². The maximum absolute atomic E-state index is 10.5. The molecule has 1 fully saturated rings. The highest BCUT2D eigenvalue weighted by Crippen LogP contribution is 2.15. The van der Waals surface area contributed by atoms with E-state index in [9.17, 15) is 4.79 Å². The second-order valence-corrected chi connectivity index (χ2v) is 4.05. The average molecular weight is 235 g/mol. The fourth-order valence-electron chi connectivity index (χ4n) is 1.84. The van der Waals surface area contributed by atoms with Crippen molar-refractivity contribution in [3.05, 3.63) is 29.8 Å². The fraction of sp³-hybridized carbons (Fsp3) is 0.462. The molecule has 4 heteroatoms. The number of aldehydes is 1. The van der Waals surface area contributed by atoms with Crippen molar-refractivity contribution in [2.45, 2.75) is 13.2 Å². The van der Waals surface area contributed by atoms with Crippen LogP contribution in [0.25, 0.3) is 0 Å². The van der Waals surface area contributed by atoms with E-state index in [0.717, 1.165) is 38.3 Å². The first kappa shape index (κ1) is 12.1. The Hall–Kier alpha value is -1.39. The van der Waals surface area contributed by atoms with Crippen LogP contribution in [-0.4, -0.2) is 43.7 Å². The first-order valence-electron chi connectivity index (χ1n) is 5.83. The van der Waals surface area contributed by atoms with Gasteiger partial charge in [-0.05, 0) is 31.2 Å². The normalized spacial score (nSPS) is 18.6. The monoisotopic (exact) mass is 235 g/mol. The Kier molecular flexibility index (Phi) is 4.12. The summed E-state index contributed by atoms with van der Waals surface area (Å²) in [6.45, 7) is 5.34. The Labute approximate surface area is 101 Å². The van der Waals surface area contributed by atoms with Crippen LogP contribution in [0.2, 0.25) is 0 Å². The first-order valence-corrected chi connectivity index (χ1v) is 5.83. The molecule has 4 nitrogen and oxygen atoms in total. The maximum Gasteiger partial charge on any atom is 0.150 e. The Balaban J connectivity index is 1.92. The van der Waals surface area contributed by atoms with Gasteiger partial charge < -0.3 is 9.47 Å².